The van der Waals surface area contributed by atoms with Gasteiger partial charge in [0.15, 0.2) is 0 Å². The molecule has 0 aliphatic heterocycles. The monoisotopic (exact) mass is 344 g/mol. The Bertz CT molecular complexity index is 535. The van der Waals surface area contributed by atoms with Crippen LogP contribution in [-0.4, -0.2) is 29.3 Å². The van der Waals surface area contributed by atoms with Crippen molar-refractivity contribution in [2.75, 3.05) is 6.54 Å². The number of nitrogens with one attached hydrogen (secondary N) is 1. The molecular weight excluding hydrogens is 323 g/mol. The van der Waals surface area contributed by atoms with Gasteiger partial charge >= 0.3 is 0 Å². The highest BCUT2D eigenvalue weighted by Gasteiger charge is 2.25. The summed E-state index contributed by atoms with van der Waals surface area (Å²) in [5, 5.41) is 3.84. The molecule has 0 aromatic heterocycles. The van der Waals surface area contributed by atoms with Crippen LogP contribution in [0.4, 0.5) is 0 Å². The van der Waals surface area contributed by atoms with Crippen LogP contribution in [0.25, 0.3) is 0 Å². The molecular formula is C16H22Cl2N2O2. The molecule has 2 amide bonds. The van der Waals surface area contributed by atoms with Crippen molar-refractivity contribution in [1.29, 1.82) is 0 Å². The van der Waals surface area contributed by atoms with Crippen LogP contribution in [0.15, 0.2) is 18.2 Å². The molecule has 0 unspecified atom stereocenters. The molecule has 1 aromatic rings. The lowest BCUT2D eigenvalue weighted by Crippen LogP contribution is -2.47. The van der Waals surface area contributed by atoms with Crippen molar-refractivity contribution in [2.24, 2.45) is 0 Å². The van der Waals surface area contributed by atoms with Gasteiger partial charge < -0.3 is 10.2 Å². The van der Waals surface area contributed by atoms with Crippen LogP contribution in [-0.2, 0) is 16.1 Å². The molecule has 0 spiro atoms. The smallest absolute Gasteiger partial charge is 0.242 e. The van der Waals surface area contributed by atoms with Gasteiger partial charge in [0, 0.05) is 29.6 Å². The molecule has 1 N–H and O–H groups in total. The topological polar surface area (TPSA) is 49.4 Å². The van der Waals surface area contributed by atoms with Gasteiger partial charge in [-0.3, -0.25) is 9.59 Å². The van der Waals surface area contributed by atoms with E-state index in [-0.39, 0.29) is 18.4 Å². The number of carbonyl (C=O) groups is 2. The van der Waals surface area contributed by atoms with Crippen LogP contribution >= 0.6 is 23.2 Å². The molecule has 0 aliphatic carbocycles. The van der Waals surface area contributed by atoms with Crippen molar-refractivity contribution >= 4 is 35.0 Å². The number of amides is 2. The highest BCUT2D eigenvalue weighted by molar-refractivity contribution is 6.35. The zero-order valence-corrected chi connectivity index (χ0v) is 14.7. The third-order valence-electron chi connectivity index (χ3n) is 3.37. The van der Waals surface area contributed by atoms with Crippen molar-refractivity contribution in [3.63, 3.8) is 0 Å². The van der Waals surface area contributed by atoms with E-state index in [1.54, 1.807) is 36.9 Å². The summed E-state index contributed by atoms with van der Waals surface area (Å²) in [6, 6.07) is 4.58. The molecule has 1 aromatic carbocycles. The fourth-order valence-electron chi connectivity index (χ4n) is 2.02. The molecule has 0 aliphatic rings. The summed E-state index contributed by atoms with van der Waals surface area (Å²) in [6.07, 6.45) is 1.18. The van der Waals surface area contributed by atoms with Crippen molar-refractivity contribution < 1.29 is 9.59 Å². The first kappa shape index (κ1) is 18.8. The van der Waals surface area contributed by atoms with Gasteiger partial charge in [-0.05, 0) is 31.0 Å². The number of nitrogens with zero attached hydrogens (tertiary/aromatic N) is 1. The predicted molar refractivity (Wildman–Crippen MR) is 90.1 cm³/mol. The van der Waals surface area contributed by atoms with Crippen molar-refractivity contribution in [3.8, 4) is 0 Å². The van der Waals surface area contributed by atoms with Crippen LogP contribution in [0.5, 0.6) is 0 Å². The Labute approximate surface area is 141 Å². The van der Waals surface area contributed by atoms with E-state index in [0.717, 1.165) is 12.0 Å². The summed E-state index contributed by atoms with van der Waals surface area (Å²) >= 11 is 12.1. The fourth-order valence-corrected chi connectivity index (χ4v) is 2.48. The quantitative estimate of drug-likeness (QED) is 0.820. The fraction of sp³-hybridized carbons (Fsp3) is 0.500. The van der Waals surface area contributed by atoms with E-state index in [4.69, 9.17) is 23.2 Å². The average molecular weight is 345 g/mol. The maximum Gasteiger partial charge on any atom is 0.242 e. The van der Waals surface area contributed by atoms with E-state index in [1.807, 2.05) is 6.92 Å². The molecule has 6 heteroatoms. The van der Waals surface area contributed by atoms with E-state index in [1.165, 1.54) is 0 Å². The SMILES string of the molecule is CCCNC(=O)[C@H](C)N(Cc1ccc(Cl)cc1Cl)C(=O)CC. The molecule has 0 saturated carbocycles. The standard InChI is InChI=1S/C16H22Cl2N2O2/c1-4-8-19-16(22)11(3)20(15(21)5-2)10-12-6-7-13(17)9-14(12)18/h6-7,9,11H,4-5,8,10H2,1-3H3,(H,19,22)/t11-/m0/s1. The third kappa shape index (κ3) is 5.18. The van der Waals surface area contributed by atoms with E-state index in [2.05, 4.69) is 5.32 Å². The Kier molecular flexibility index (Phi) is 7.69. The molecule has 122 valence electrons. The van der Waals surface area contributed by atoms with E-state index >= 15 is 0 Å². The molecule has 0 radical (unpaired) electrons. The minimum atomic E-state index is -0.550. The Hall–Kier alpha value is -1.26. The Morgan fingerprint density at radius 3 is 2.50 bits per heavy atom. The highest BCUT2D eigenvalue weighted by Crippen LogP contribution is 2.23. The maximum absolute atomic E-state index is 12.2. The summed E-state index contributed by atoms with van der Waals surface area (Å²) in [5.41, 5.74) is 0.767. The predicted octanol–water partition coefficient (Wildman–Crippen LogP) is 3.65. The molecule has 0 bridgehead atoms. The van der Waals surface area contributed by atoms with E-state index in [0.29, 0.717) is 23.0 Å². The van der Waals surface area contributed by atoms with Gasteiger partial charge in [0.1, 0.15) is 6.04 Å². The van der Waals surface area contributed by atoms with Gasteiger partial charge in [0.05, 0.1) is 0 Å². The van der Waals surface area contributed by atoms with Crippen molar-refractivity contribution in [3.05, 3.63) is 33.8 Å². The largest absolute Gasteiger partial charge is 0.354 e. The zero-order valence-electron chi connectivity index (χ0n) is 13.2. The number of halogens is 2. The second-order valence-corrected chi connectivity index (χ2v) is 5.92. The van der Waals surface area contributed by atoms with Gasteiger partial charge in [-0.25, -0.2) is 0 Å². The van der Waals surface area contributed by atoms with Gasteiger partial charge in [-0.1, -0.05) is 43.1 Å². The van der Waals surface area contributed by atoms with Crippen LogP contribution in [0.3, 0.4) is 0 Å². The second kappa shape index (κ2) is 9.01. The normalized spacial score (nSPS) is 11.9. The van der Waals surface area contributed by atoms with Crippen LogP contribution < -0.4 is 5.32 Å². The van der Waals surface area contributed by atoms with Crippen molar-refractivity contribution in [2.45, 2.75) is 46.2 Å². The number of hydrogen-bond acceptors (Lipinski definition) is 2. The van der Waals surface area contributed by atoms with E-state index in [9.17, 15) is 9.59 Å². The van der Waals surface area contributed by atoms with E-state index < -0.39 is 6.04 Å². The Balaban J connectivity index is 2.93. The minimum Gasteiger partial charge on any atom is -0.354 e. The number of carbonyl (C=O) groups excluding carboxylic acids is 2. The molecule has 0 heterocycles. The second-order valence-electron chi connectivity index (χ2n) is 5.08. The molecule has 1 rings (SSSR count). The van der Waals surface area contributed by atoms with Gasteiger partial charge in [-0.2, -0.15) is 0 Å². The van der Waals surface area contributed by atoms with Gasteiger partial charge in [0.25, 0.3) is 0 Å². The third-order valence-corrected chi connectivity index (χ3v) is 3.96. The first-order chi connectivity index (χ1) is 10.4. The Morgan fingerprint density at radius 1 is 1.27 bits per heavy atom. The number of benzene rings is 1. The highest BCUT2D eigenvalue weighted by atomic mass is 35.5. The number of rotatable bonds is 7. The van der Waals surface area contributed by atoms with Gasteiger partial charge in [-0.15, -0.1) is 0 Å². The lowest BCUT2D eigenvalue weighted by Gasteiger charge is -2.28. The van der Waals surface area contributed by atoms with Gasteiger partial charge in [0.2, 0.25) is 11.8 Å². The van der Waals surface area contributed by atoms with Crippen LogP contribution in [0.1, 0.15) is 39.2 Å². The maximum atomic E-state index is 12.2. The summed E-state index contributed by atoms with van der Waals surface area (Å²) < 4.78 is 0. The molecule has 1 atom stereocenters. The summed E-state index contributed by atoms with van der Waals surface area (Å²) in [7, 11) is 0. The molecule has 0 saturated heterocycles. The summed E-state index contributed by atoms with van der Waals surface area (Å²) in [6.45, 7) is 6.35. The lowest BCUT2D eigenvalue weighted by atomic mass is 10.1. The average Bonchev–Trinajstić information content (AvgIpc) is 2.50. The van der Waals surface area contributed by atoms with Crippen LogP contribution in [0.2, 0.25) is 10.0 Å². The minimum absolute atomic E-state index is 0.0924. The first-order valence-corrected chi connectivity index (χ1v) is 8.17. The molecule has 4 nitrogen and oxygen atoms in total. The lowest BCUT2D eigenvalue weighted by molar-refractivity contribution is -0.140. The van der Waals surface area contributed by atoms with Crippen LogP contribution in [0, 0.1) is 0 Å². The number of hydrogen-bond donors (Lipinski definition) is 1. The summed E-state index contributed by atoms with van der Waals surface area (Å²) in [4.78, 5) is 25.9. The molecule has 22 heavy (non-hydrogen) atoms. The zero-order chi connectivity index (χ0) is 16.7. The molecule has 0 fully saturated rings. The first-order valence-electron chi connectivity index (χ1n) is 7.41. The summed E-state index contributed by atoms with van der Waals surface area (Å²) in [5.74, 6) is -0.251. The Morgan fingerprint density at radius 2 is 1.95 bits per heavy atom. The van der Waals surface area contributed by atoms with Crippen molar-refractivity contribution in [1.82, 2.24) is 10.2 Å².